The largest absolute Gasteiger partial charge is 0.379 e. The summed E-state index contributed by atoms with van der Waals surface area (Å²) in [7, 11) is 0. The van der Waals surface area contributed by atoms with Gasteiger partial charge in [-0.25, -0.2) is 9.36 Å². The summed E-state index contributed by atoms with van der Waals surface area (Å²) >= 11 is 0. The maximum atomic E-state index is 12.3. The molecule has 4 aromatic carbocycles. The van der Waals surface area contributed by atoms with Crippen LogP contribution in [0.2, 0.25) is 0 Å². The Balaban J connectivity index is 0.000000159. The van der Waals surface area contributed by atoms with E-state index in [-0.39, 0.29) is 5.91 Å². The molecule has 0 radical (unpaired) electrons. The van der Waals surface area contributed by atoms with Gasteiger partial charge in [-0.05, 0) is 59.7 Å². The van der Waals surface area contributed by atoms with Gasteiger partial charge in [0.1, 0.15) is 5.82 Å². The lowest BCUT2D eigenvalue weighted by Crippen LogP contribution is -2.41. The van der Waals surface area contributed by atoms with Crippen LogP contribution in [0.4, 0.5) is 11.6 Å². The Morgan fingerprint density at radius 3 is 1.69 bits per heavy atom. The smallest absolute Gasteiger partial charge is 0.239 e. The maximum absolute atomic E-state index is 12.3. The molecule has 0 saturated carbocycles. The zero-order valence-electron chi connectivity index (χ0n) is 29.4. The van der Waals surface area contributed by atoms with Gasteiger partial charge in [0, 0.05) is 62.8 Å². The second-order valence-corrected chi connectivity index (χ2v) is 13.0. The third-order valence-corrected chi connectivity index (χ3v) is 9.31. The zero-order valence-corrected chi connectivity index (χ0v) is 29.4. The number of hydrogen-bond acceptors (Lipinski definition) is 8. The topological polar surface area (TPSA) is 102 Å². The average molecular weight is 687 g/mol. The summed E-state index contributed by atoms with van der Waals surface area (Å²) in [6, 6.07) is 33.3. The third-order valence-electron chi connectivity index (χ3n) is 9.31. The van der Waals surface area contributed by atoms with Crippen molar-refractivity contribution in [1.29, 1.82) is 0 Å². The van der Waals surface area contributed by atoms with E-state index in [0.29, 0.717) is 25.6 Å². The SMILES string of the molecule is Cc1cc(NC(=O)CN2CCOCC2)nn1-c1ccc2ccccc2c1.Cc1cc(NCCN2CCOCC2)nn1-c1ccc2ccccc2c1. The van der Waals surface area contributed by atoms with Crippen LogP contribution in [0.25, 0.3) is 32.9 Å². The molecule has 51 heavy (non-hydrogen) atoms. The van der Waals surface area contributed by atoms with Crippen LogP contribution >= 0.6 is 0 Å². The number of morpholine rings is 2. The highest BCUT2D eigenvalue weighted by atomic mass is 16.5. The zero-order chi connectivity index (χ0) is 35.0. The molecule has 4 heterocycles. The number of ether oxygens (including phenoxy) is 2. The lowest BCUT2D eigenvalue weighted by molar-refractivity contribution is -0.118. The fraction of sp³-hybridized carbons (Fsp3) is 0.325. The van der Waals surface area contributed by atoms with Crippen molar-refractivity contribution in [3.8, 4) is 11.4 Å². The molecule has 2 saturated heterocycles. The standard InChI is InChI=1S/C20H22N4O2.C20H24N4O/c1-15-12-19(21-20(25)14-23-8-10-26-11-9-23)22-24(15)18-7-6-16-4-2-3-5-17(16)13-18;1-16-14-20(21-8-9-23-10-12-25-13-11-23)22-24(16)19-7-6-17-4-2-3-5-18(17)15-19/h2-7,12-13H,8-11,14H2,1H3,(H,21,22,25);2-7,14-15H,8-13H2,1H3,(H,21,22). The number of rotatable bonds is 9. The van der Waals surface area contributed by atoms with E-state index in [4.69, 9.17) is 14.6 Å². The lowest BCUT2D eigenvalue weighted by atomic mass is 10.1. The molecule has 2 fully saturated rings. The third kappa shape index (κ3) is 8.81. The number of nitrogens with zero attached hydrogens (tertiary/aromatic N) is 6. The molecule has 0 unspecified atom stereocenters. The van der Waals surface area contributed by atoms with Crippen LogP contribution in [0.1, 0.15) is 11.4 Å². The van der Waals surface area contributed by atoms with Crippen LogP contribution in [0.15, 0.2) is 97.1 Å². The second kappa shape index (κ2) is 16.3. The van der Waals surface area contributed by atoms with Crippen LogP contribution in [0, 0.1) is 13.8 Å². The van der Waals surface area contributed by atoms with E-state index in [9.17, 15) is 4.79 Å². The summed E-state index contributed by atoms with van der Waals surface area (Å²) in [5.41, 5.74) is 4.18. The highest BCUT2D eigenvalue weighted by Crippen LogP contribution is 2.22. The summed E-state index contributed by atoms with van der Waals surface area (Å²) in [6.07, 6.45) is 0. The van der Waals surface area contributed by atoms with Gasteiger partial charge in [-0.3, -0.25) is 14.6 Å². The van der Waals surface area contributed by atoms with Crippen LogP contribution in [0.5, 0.6) is 0 Å². The van der Waals surface area contributed by atoms with Gasteiger partial charge in [0.15, 0.2) is 5.82 Å². The number of carbonyl (C=O) groups is 1. The predicted molar refractivity (Wildman–Crippen MR) is 203 cm³/mol. The number of fused-ring (bicyclic) bond motifs is 2. The van der Waals surface area contributed by atoms with E-state index < -0.39 is 0 Å². The average Bonchev–Trinajstić information content (AvgIpc) is 3.72. The summed E-state index contributed by atoms with van der Waals surface area (Å²) in [6.45, 7) is 13.0. The van der Waals surface area contributed by atoms with Crippen LogP contribution in [-0.4, -0.2) is 108 Å². The van der Waals surface area contributed by atoms with Gasteiger partial charge < -0.3 is 20.1 Å². The minimum Gasteiger partial charge on any atom is -0.379 e. The Bertz CT molecular complexity index is 2080. The fourth-order valence-electron chi connectivity index (χ4n) is 6.55. The van der Waals surface area contributed by atoms with Gasteiger partial charge in [0.05, 0.1) is 44.3 Å². The van der Waals surface area contributed by atoms with E-state index >= 15 is 0 Å². The van der Waals surface area contributed by atoms with Crippen LogP contribution in [-0.2, 0) is 14.3 Å². The Kier molecular flexibility index (Phi) is 11.0. The Labute approximate surface area is 298 Å². The van der Waals surface area contributed by atoms with Gasteiger partial charge in [-0.2, -0.15) is 5.10 Å². The monoisotopic (exact) mass is 686 g/mol. The van der Waals surface area contributed by atoms with E-state index in [1.165, 1.54) is 16.2 Å². The first-order valence-corrected chi connectivity index (χ1v) is 17.7. The van der Waals surface area contributed by atoms with Gasteiger partial charge in [-0.15, -0.1) is 5.10 Å². The molecule has 2 aromatic heterocycles. The number of aryl methyl sites for hydroxylation is 2. The Morgan fingerprint density at radius 1 is 0.627 bits per heavy atom. The summed E-state index contributed by atoms with van der Waals surface area (Å²) in [5.74, 6) is 1.46. The Hall–Kier alpha value is -5.07. The van der Waals surface area contributed by atoms with Crippen molar-refractivity contribution >= 4 is 39.1 Å². The molecular formula is C40H46N8O3. The number of carbonyl (C=O) groups excluding carboxylic acids is 1. The van der Waals surface area contributed by atoms with E-state index in [2.05, 4.69) is 105 Å². The van der Waals surface area contributed by atoms with Crippen molar-refractivity contribution in [2.75, 3.05) is 82.9 Å². The quantitative estimate of drug-likeness (QED) is 0.200. The fourth-order valence-corrected chi connectivity index (χ4v) is 6.55. The van der Waals surface area contributed by atoms with E-state index in [1.807, 2.05) is 40.6 Å². The number of nitrogens with one attached hydrogen (secondary N) is 2. The molecule has 2 aliphatic rings. The summed E-state index contributed by atoms with van der Waals surface area (Å²) in [4.78, 5) is 16.8. The van der Waals surface area contributed by atoms with Gasteiger partial charge in [0.2, 0.25) is 5.91 Å². The minimum atomic E-state index is -0.0462. The normalized spacial score (nSPS) is 15.4. The first kappa shape index (κ1) is 34.4. The van der Waals surface area contributed by atoms with Crippen LogP contribution < -0.4 is 10.6 Å². The molecule has 0 bridgehead atoms. The maximum Gasteiger partial charge on any atom is 0.239 e. The molecule has 2 aliphatic heterocycles. The molecule has 1 amide bonds. The molecule has 11 nitrogen and oxygen atoms in total. The van der Waals surface area contributed by atoms with Crippen molar-refractivity contribution < 1.29 is 14.3 Å². The molecule has 264 valence electrons. The van der Waals surface area contributed by atoms with Gasteiger partial charge >= 0.3 is 0 Å². The summed E-state index contributed by atoms with van der Waals surface area (Å²) in [5, 5.41) is 20.5. The second-order valence-electron chi connectivity index (χ2n) is 13.0. The molecule has 2 N–H and O–H groups in total. The van der Waals surface area contributed by atoms with E-state index in [1.54, 1.807) is 0 Å². The minimum absolute atomic E-state index is 0.0462. The predicted octanol–water partition coefficient (Wildman–Crippen LogP) is 5.68. The lowest BCUT2D eigenvalue weighted by Gasteiger charge is -2.26. The highest BCUT2D eigenvalue weighted by molar-refractivity contribution is 5.91. The van der Waals surface area contributed by atoms with Gasteiger partial charge in [-0.1, -0.05) is 60.7 Å². The van der Waals surface area contributed by atoms with Crippen molar-refractivity contribution in [1.82, 2.24) is 29.4 Å². The molecule has 0 spiro atoms. The number of aromatic nitrogens is 4. The molecule has 0 atom stereocenters. The molecular weight excluding hydrogens is 640 g/mol. The number of amides is 1. The number of hydrogen-bond donors (Lipinski definition) is 2. The number of benzene rings is 4. The summed E-state index contributed by atoms with van der Waals surface area (Å²) < 4.78 is 14.6. The first-order chi connectivity index (χ1) is 25.0. The van der Waals surface area contributed by atoms with Crippen molar-refractivity contribution in [3.05, 3.63) is 108 Å². The Morgan fingerprint density at radius 2 is 1.12 bits per heavy atom. The highest BCUT2D eigenvalue weighted by Gasteiger charge is 2.16. The first-order valence-electron chi connectivity index (χ1n) is 17.7. The number of anilines is 2. The van der Waals surface area contributed by atoms with Crippen molar-refractivity contribution in [2.45, 2.75) is 13.8 Å². The molecule has 0 aliphatic carbocycles. The molecule has 6 aromatic rings. The molecule has 8 rings (SSSR count). The van der Waals surface area contributed by atoms with Gasteiger partial charge in [0.25, 0.3) is 0 Å². The van der Waals surface area contributed by atoms with E-state index in [0.717, 1.165) is 86.4 Å². The molecule has 11 heteroatoms. The van der Waals surface area contributed by atoms with Crippen molar-refractivity contribution in [3.63, 3.8) is 0 Å². The van der Waals surface area contributed by atoms with Crippen molar-refractivity contribution in [2.24, 2.45) is 0 Å². The van der Waals surface area contributed by atoms with Crippen LogP contribution in [0.3, 0.4) is 0 Å².